The molecule has 0 saturated heterocycles. The molecule has 0 aromatic heterocycles. The quantitative estimate of drug-likeness (QED) is 0.753. The van der Waals surface area contributed by atoms with E-state index in [1.807, 2.05) is 36.4 Å². The summed E-state index contributed by atoms with van der Waals surface area (Å²) in [4.78, 5) is 13.3. The van der Waals surface area contributed by atoms with Crippen molar-refractivity contribution in [3.8, 4) is 0 Å². The molecule has 1 aliphatic rings. The summed E-state index contributed by atoms with van der Waals surface area (Å²) in [6, 6.07) is 18.4. The van der Waals surface area contributed by atoms with E-state index >= 15 is 0 Å². The lowest BCUT2D eigenvalue weighted by molar-refractivity contribution is -0.108. The van der Waals surface area contributed by atoms with Crippen molar-refractivity contribution in [2.75, 3.05) is 4.90 Å². The summed E-state index contributed by atoms with van der Waals surface area (Å²) in [5, 5.41) is 0. The van der Waals surface area contributed by atoms with Crippen LogP contribution in [-0.2, 0) is 4.79 Å². The number of rotatable bonds is 2. The van der Waals surface area contributed by atoms with Crippen molar-refractivity contribution < 1.29 is 4.79 Å². The van der Waals surface area contributed by atoms with Gasteiger partial charge in [-0.2, -0.15) is 0 Å². The van der Waals surface area contributed by atoms with E-state index in [0.717, 1.165) is 17.7 Å². The van der Waals surface area contributed by atoms with E-state index < -0.39 is 0 Å². The van der Waals surface area contributed by atoms with Gasteiger partial charge in [-0.15, -0.1) is 0 Å². The Balaban J connectivity index is 2.25. The summed E-state index contributed by atoms with van der Waals surface area (Å²) >= 11 is 0. The van der Waals surface area contributed by atoms with Gasteiger partial charge in [0.2, 0.25) is 6.41 Å². The van der Waals surface area contributed by atoms with Crippen molar-refractivity contribution in [2.45, 2.75) is 19.4 Å². The normalized spacial score (nSPS) is 16.3. The van der Waals surface area contributed by atoms with Gasteiger partial charge in [-0.1, -0.05) is 54.6 Å². The molecule has 0 atom stereocenters. The van der Waals surface area contributed by atoms with Crippen LogP contribution in [0.3, 0.4) is 0 Å². The van der Waals surface area contributed by atoms with Crippen molar-refractivity contribution in [1.29, 1.82) is 0 Å². The van der Waals surface area contributed by atoms with Crippen LogP contribution in [0.5, 0.6) is 0 Å². The van der Waals surface area contributed by atoms with Gasteiger partial charge >= 0.3 is 0 Å². The Bertz CT molecular complexity index is 671. The van der Waals surface area contributed by atoms with Crippen molar-refractivity contribution in [1.82, 2.24) is 0 Å². The van der Waals surface area contributed by atoms with Crippen LogP contribution >= 0.6 is 0 Å². The first kappa shape index (κ1) is 12.7. The fourth-order valence-electron chi connectivity index (χ4n) is 2.77. The molecule has 0 N–H and O–H groups in total. The highest BCUT2D eigenvalue weighted by Crippen LogP contribution is 2.40. The molecule has 100 valence electrons. The fourth-order valence-corrected chi connectivity index (χ4v) is 2.77. The first-order valence-electron chi connectivity index (χ1n) is 6.76. The predicted octanol–water partition coefficient (Wildman–Crippen LogP) is 3.87. The third kappa shape index (κ3) is 1.94. The number of amides is 1. The molecule has 1 amide bonds. The molecule has 2 nitrogen and oxygen atoms in total. The maximum Gasteiger partial charge on any atom is 0.214 e. The number of para-hydroxylation sites is 1. The minimum Gasteiger partial charge on any atom is -0.305 e. The van der Waals surface area contributed by atoms with Gasteiger partial charge in [0, 0.05) is 5.56 Å². The highest BCUT2D eigenvalue weighted by atomic mass is 16.1. The molecular formula is C18H17NO. The van der Waals surface area contributed by atoms with Crippen LogP contribution < -0.4 is 4.90 Å². The van der Waals surface area contributed by atoms with Crippen LogP contribution in [0.4, 0.5) is 5.69 Å². The van der Waals surface area contributed by atoms with Gasteiger partial charge < -0.3 is 4.90 Å². The second-order valence-electron chi connectivity index (χ2n) is 5.57. The van der Waals surface area contributed by atoms with Gasteiger partial charge in [-0.3, -0.25) is 4.79 Å². The van der Waals surface area contributed by atoms with E-state index in [9.17, 15) is 4.79 Å². The molecule has 0 aliphatic carbocycles. The smallest absolute Gasteiger partial charge is 0.214 e. The van der Waals surface area contributed by atoms with Gasteiger partial charge in [0.05, 0.1) is 11.2 Å². The Morgan fingerprint density at radius 3 is 2.30 bits per heavy atom. The fraction of sp³-hybridized carbons (Fsp3) is 0.167. The Labute approximate surface area is 119 Å². The second kappa shape index (κ2) is 4.64. The lowest BCUT2D eigenvalue weighted by Crippen LogP contribution is -2.44. The van der Waals surface area contributed by atoms with Crippen molar-refractivity contribution in [3.63, 3.8) is 0 Å². The summed E-state index contributed by atoms with van der Waals surface area (Å²) in [7, 11) is 0. The first-order valence-corrected chi connectivity index (χ1v) is 6.76. The Morgan fingerprint density at radius 1 is 0.950 bits per heavy atom. The third-order valence-corrected chi connectivity index (χ3v) is 3.76. The van der Waals surface area contributed by atoms with Crippen LogP contribution in [0, 0.1) is 0 Å². The molecule has 1 aliphatic heterocycles. The van der Waals surface area contributed by atoms with E-state index in [2.05, 4.69) is 38.1 Å². The number of fused-ring (bicyclic) bond motifs is 1. The Hall–Kier alpha value is -2.35. The van der Waals surface area contributed by atoms with Crippen molar-refractivity contribution in [3.05, 3.63) is 71.8 Å². The molecular weight excluding hydrogens is 246 g/mol. The summed E-state index contributed by atoms with van der Waals surface area (Å²) in [6.07, 6.45) is 3.08. The minimum absolute atomic E-state index is 0.332. The largest absolute Gasteiger partial charge is 0.305 e. The molecule has 2 aromatic rings. The Morgan fingerprint density at radius 2 is 1.60 bits per heavy atom. The SMILES string of the molecule is CC1(C)C=C(c2ccccc2)c2ccccc2N1C=O. The van der Waals surface area contributed by atoms with Crippen molar-refractivity contribution in [2.24, 2.45) is 0 Å². The number of hydrogen-bond donors (Lipinski definition) is 0. The molecule has 2 heteroatoms. The van der Waals surface area contributed by atoms with Crippen LogP contribution in [-0.4, -0.2) is 11.9 Å². The number of anilines is 1. The second-order valence-corrected chi connectivity index (χ2v) is 5.57. The van der Waals surface area contributed by atoms with Crippen molar-refractivity contribution >= 4 is 17.7 Å². The van der Waals surface area contributed by atoms with Crippen LogP contribution in [0.2, 0.25) is 0 Å². The van der Waals surface area contributed by atoms with Crippen LogP contribution in [0.15, 0.2) is 60.7 Å². The summed E-state index contributed by atoms with van der Waals surface area (Å²) in [5.74, 6) is 0. The zero-order valence-electron chi connectivity index (χ0n) is 11.7. The molecule has 2 aromatic carbocycles. The van der Waals surface area contributed by atoms with E-state index in [-0.39, 0.29) is 5.54 Å². The monoisotopic (exact) mass is 263 g/mol. The van der Waals surface area contributed by atoms with Gasteiger partial charge in [-0.25, -0.2) is 0 Å². The number of hydrogen-bond acceptors (Lipinski definition) is 1. The van der Waals surface area contributed by atoms with E-state index in [1.165, 1.54) is 11.1 Å². The molecule has 0 unspecified atom stereocenters. The minimum atomic E-state index is -0.332. The molecule has 1 heterocycles. The van der Waals surface area contributed by atoms with Gasteiger partial charge in [0.1, 0.15) is 0 Å². The first-order chi connectivity index (χ1) is 9.63. The van der Waals surface area contributed by atoms with Crippen LogP contribution in [0.25, 0.3) is 5.57 Å². The van der Waals surface area contributed by atoms with Crippen LogP contribution in [0.1, 0.15) is 25.0 Å². The zero-order chi connectivity index (χ0) is 14.2. The Kier molecular flexibility index (Phi) is 2.94. The predicted molar refractivity (Wildman–Crippen MR) is 82.6 cm³/mol. The molecule has 3 rings (SSSR count). The third-order valence-electron chi connectivity index (χ3n) is 3.76. The lowest BCUT2D eigenvalue weighted by Gasteiger charge is -2.39. The molecule has 0 bridgehead atoms. The van der Waals surface area contributed by atoms with Gasteiger partial charge in [0.25, 0.3) is 0 Å². The highest BCUT2D eigenvalue weighted by molar-refractivity contribution is 5.95. The standard InChI is InChI=1S/C18H17NO/c1-18(2)12-16(14-8-4-3-5-9-14)15-10-6-7-11-17(15)19(18)13-20/h3-13H,1-2H3. The summed E-state index contributed by atoms with van der Waals surface area (Å²) in [5.41, 5.74) is 4.10. The van der Waals surface area contributed by atoms with Gasteiger partial charge in [-0.05, 0) is 31.1 Å². The number of nitrogens with zero attached hydrogens (tertiary/aromatic N) is 1. The molecule has 0 radical (unpaired) electrons. The topological polar surface area (TPSA) is 20.3 Å². The van der Waals surface area contributed by atoms with E-state index in [4.69, 9.17) is 0 Å². The molecule has 0 saturated carbocycles. The molecule has 0 spiro atoms. The average molecular weight is 263 g/mol. The van der Waals surface area contributed by atoms with E-state index in [1.54, 1.807) is 4.90 Å². The maximum atomic E-state index is 11.5. The molecule has 0 fully saturated rings. The number of carbonyl (C=O) groups is 1. The van der Waals surface area contributed by atoms with Gasteiger partial charge in [0.15, 0.2) is 0 Å². The molecule has 20 heavy (non-hydrogen) atoms. The number of carbonyl (C=O) groups excluding carboxylic acids is 1. The zero-order valence-corrected chi connectivity index (χ0v) is 11.7. The number of benzene rings is 2. The average Bonchev–Trinajstić information content (AvgIpc) is 2.47. The van der Waals surface area contributed by atoms with E-state index in [0.29, 0.717) is 0 Å². The maximum absolute atomic E-state index is 11.5. The lowest BCUT2D eigenvalue weighted by atomic mass is 9.85. The highest BCUT2D eigenvalue weighted by Gasteiger charge is 2.32. The summed E-state index contributed by atoms with van der Waals surface area (Å²) in [6.45, 7) is 4.11. The summed E-state index contributed by atoms with van der Waals surface area (Å²) < 4.78 is 0.